The Morgan fingerprint density at radius 3 is 2.62 bits per heavy atom. The van der Waals surface area contributed by atoms with Crippen LogP contribution >= 0.6 is 23.8 Å². The molecule has 1 aromatic heterocycles. The quantitative estimate of drug-likeness (QED) is 0.393. The van der Waals surface area contributed by atoms with E-state index in [4.69, 9.17) is 23.8 Å². The number of aromatic nitrogens is 3. The molecule has 2 N–H and O–H groups in total. The normalized spacial score (nSPS) is 10.7. The molecule has 29 heavy (non-hydrogen) atoms. The Bertz CT molecular complexity index is 984. The molecule has 1 amide bonds. The number of amides is 1. The first-order valence-corrected chi connectivity index (χ1v) is 10.3. The van der Waals surface area contributed by atoms with Crippen LogP contribution in [0.2, 0.25) is 5.02 Å². The van der Waals surface area contributed by atoms with Gasteiger partial charge in [0.1, 0.15) is 6.54 Å². The second-order valence-corrected chi connectivity index (χ2v) is 7.39. The summed E-state index contributed by atoms with van der Waals surface area (Å²) in [5.41, 5.74) is 2.04. The lowest BCUT2D eigenvalue weighted by Crippen LogP contribution is -2.32. The summed E-state index contributed by atoms with van der Waals surface area (Å²) in [6.07, 6.45) is 0.856. The van der Waals surface area contributed by atoms with Crippen molar-refractivity contribution in [2.24, 2.45) is 0 Å². The van der Waals surface area contributed by atoms with E-state index in [0.717, 1.165) is 25.1 Å². The van der Waals surface area contributed by atoms with Crippen LogP contribution < -0.4 is 10.2 Å². The summed E-state index contributed by atoms with van der Waals surface area (Å²) in [6.45, 7) is 4.65. The van der Waals surface area contributed by atoms with Gasteiger partial charge in [0, 0.05) is 35.9 Å². The third-order valence-corrected chi connectivity index (χ3v) is 5.16. The van der Waals surface area contributed by atoms with E-state index >= 15 is 0 Å². The maximum absolute atomic E-state index is 12.4. The molecule has 6 nitrogen and oxygen atoms in total. The van der Waals surface area contributed by atoms with E-state index in [9.17, 15) is 4.79 Å². The second-order valence-electron chi connectivity index (χ2n) is 6.56. The van der Waals surface area contributed by atoms with Crippen LogP contribution in [0.5, 0.6) is 0 Å². The minimum atomic E-state index is -0.0968. The molecule has 3 aromatic rings. The summed E-state index contributed by atoms with van der Waals surface area (Å²) in [5, 5.41) is 10.6. The molecule has 0 saturated carbocycles. The van der Waals surface area contributed by atoms with Crippen LogP contribution in [-0.4, -0.2) is 40.3 Å². The van der Waals surface area contributed by atoms with Crippen LogP contribution in [0.1, 0.15) is 13.3 Å². The van der Waals surface area contributed by atoms with Crippen molar-refractivity contribution in [3.05, 3.63) is 64.4 Å². The predicted octanol–water partition coefficient (Wildman–Crippen LogP) is 4.29. The van der Waals surface area contributed by atoms with Gasteiger partial charge in [0.05, 0.1) is 0 Å². The van der Waals surface area contributed by atoms with Gasteiger partial charge in [-0.25, -0.2) is 0 Å². The van der Waals surface area contributed by atoms with Crippen molar-refractivity contribution in [1.29, 1.82) is 0 Å². The lowest BCUT2D eigenvalue weighted by molar-refractivity contribution is -0.121. The van der Waals surface area contributed by atoms with Crippen molar-refractivity contribution >= 4 is 35.4 Å². The Kier molecular flexibility index (Phi) is 7.43. The summed E-state index contributed by atoms with van der Waals surface area (Å²) < 4.78 is 2.10. The number of carbonyl (C=O) groups excluding carboxylic acids is 1. The Labute approximate surface area is 180 Å². The van der Waals surface area contributed by atoms with Crippen molar-refractivity contribution in [1.82, 2.24) is 20.1 Å². The van der Waals surface area contributed by atoms with Crippen molar-refractivity contribution < 1.29 is 4.79 Å². The minimum Gasteiger partial charge on any atom is -0.372 e. The molecule has 2 aromatic carbocycles. The topological polar surface area (TPSA) is 66.0 Å². The molecule has 0 fully saturated rings. The fraction of sp³-hybridized carbons (Fsp3) is 0.286. The zero-order valence-electron chi connectivity index (χ0n) is 16.3. The van der Waals surface area contributed by atoms with Gasteiger partial charge in [-0.15, -0.1) is 0 Å². The van der Waals surface area contributed by atoms with Crippen LogP contribution in [0.4, 0.5) is 5.69 Å². The molecule has 0 saturated heterocycles. The monoisotopic (exact) mass is 429 g/mol. The van der Waals surface area contributed by atoms with Gasteiger partial charge in [0.2, 0.25) is 5.91 Å². The number of para-hydroxylation sites is 1. The van der Waals surface area contributed by atoms with Gasteiger partial charge in [-0.1, -0.05) is 29.8 Å². The number of aromatic amines is 1. The summed E-state index contributed by atoms with van der Waals surface area (Å²) >= 11 is 11.2. The third-order valence-electron chi connectivity index (χ3n) is 4.59. The lowest BCUT2D eigenvalue weighted by Gasteiger charge is -2.23. The average Bonchev–Trinajstić information content (AvgIpc) is 3.09. The number of halogens is 1. The van der Waals surface area contributed by atoms with E-state index in [1.165, 1.54) is 5.69 Å². The second kappa shape index (κ2) is 10.2. The highest BCUT2D eigenvalue weighted by atomic mass is 35.5. The van der Waals surface area contributed by atoms with Crippen molar-refractivity contribution in [2.45, 2.75) is 19.9 Å². The van der Waals surface area contributed by atoms with Crippen LogP contribution in [0.15, 0.2) is 54.6 Å². The van der Waals surface area contributed by atoms with Gasteiger partial charge in [-0.2, -0.15) is 5.10 Å². The standard InChI is InChI=1S/C21H24ClN5OS/c1-2-26(18-7-4-3-5-8-18)14-6-13-23-19(28)15-27-20(24-25-21(27)29)16-9-11-17(22)12-10-16/h3-5,7-12H,2,6,13-15H2,1H3,(H,23,28)(H,25,29). The third kappa shape index (κ3) is 5.68. The molecule has 0 aliphatic heterocycles. The first-order valence-electron chi connectivity index (χ1n) is 9.56. The molecule has 0 aliphatic rings. The van der Waals surface area contributed by atoms with Gasteiger partial charge in [0.25, 0.3) is 0 Å². The maximum Gasteiger partial charge on any atom is 0.240 e. The Balaban J connectivity index is 1.53. The summed E-state index contributed by atoms with van der Waals surface area (Å²) in [4.78, 5) is 14.7. The smallest absolute Gasteiger partial charge is 0.240 e. The molecule has 0 radical (unpaired) electrons. The van der Waals surface area contributed by atoms with Crippen LogP contribution in [0, 0.1) is 4.77 Å². The SMILES string of the molecule is CCN(CCCNC(=O)Cn1c(-c2ccc(Cl)cc2)n[nH]c1=S)c1ccccc1. The number of nitrogens with one attached hydrogen (secondary N) is 2. The van der Waals surface area contributed by atoms with Crippen molar-refractivity contribution in [3.63, 3.8) is 0 Å². The zero-order chi connectivity index (χ0) is 20.6. The number of H-pyrrole nitrogens is 1. The van der Waals surface area contributed by atoms with Gasteiger partial charge >= 0.3 is 0 Å². The summed E-state index contributed by atoms with van der Waals surface area (Å²) in [5.74, 6) is 0.517. The highest BCUT2D eigenvalue weighted by molar-refractivity contribution is 7.71. The van der Waals surface area contributed by atoms with Gasteiger partial charge in [-0.05, 0) is 62.0 Å². The molecular formula is C21H24ClN5OS. The molecule has 8 heteroatoms. The first kappa shape index (κ1) is 21.1. The number of nitrogens with zero attached hydrogens (tertiary/aromatic N) is 3. The van der Waals surface area contributed by atoms with E-state index in [2.05, 4.69) is 39.5 Å². The Morgan fingerprint density at radius 1 is 1.21 bits per heavy atom. The van der Waals surface area contributed by atoms with Crippen molar-refractivity contribution in [3.8, 4) is 11.4 Å². The molecular weight excluding hydrogens is 406 g/mol. The van der Waals surface area contributed by atoms with E-state index in [-0.39, 0.29) is 12.5 Å². The fourth-order valence-electron chi connectivity index (χ4n) is 3.09. The molecule has 1 heterocycles. The number of hydrogen-bond acceptors (Lipinski definition) is 4. The van der Waals surface area contributed by atoms with E-state index in [0.29, 0.717) is 22.2 Å². The maximum atomic E-state index is 12.4. The summed E-state index contributed by atoms with van der Waals surface area (Å²) in [6, 6.07) is 17.5. The number of rotatable bonds is 9. The first-order chi connectivity index (χ1) is 14.1. The molecule has 0 aliphatic carbocycles. The molecule has 0 spiro atoms. The van der Waals surface area contributed by atoms with Crippen LogP contribution in [0.25, 0.3) is 11.4 Å². The van der Waals surface area contributed by atoms with Gasteiger partial charge < -0.3 is 10.2 Å². The summed E-state index contributed by atoms with van der Waals surface area (Å²) in [7, 11) is 0. The number of anilines is 1. The van der Waals surface area contributed by atoms with E-state index in [1.807, 2.05) is 30.3 Å². The predicted molar refractivity (Wildman–Crippen MR) is 120 cm³/mol. The minimum absolute atomic E-state index is 0.0968. The van der Waals surface area contributed by atoms with Crippen LogP contribution in [-0.2, 0) is 11.3 Å². The van der Waals surface area contributed by atoms with Gasteiger partial charge in [-0.3, -0.25) is 14.5 Å². The molecule has 0 unspecified atom stereocenters. The Morgan fingerprint density at radius 2 is 1.93 bits per heavy atom. The van der Waals surface area contributed by atoms with Crippen LogP contribution in [0.3, 0.4) is 0 Å². The molecule has 152 valence electrons. The number of hydrogen-bond donors (Lipinski definition) is 2. The van der Waals surface area contributed by atoms with Gasteiger partial charge in [0.15, 0.2) is 10.6 Å². The Hall–Kier alpha value is -2.64. The molecule has 3 rings (SSSR count). The average molecular weight is 430 g/mol. The number of carbonyl (C=O) groups is 1. The molecule has 0 atom stereocenters. The van der Waals surface area contributed by atoms with Crippen molar-refractivity contribution in [2.75, 3.05) is 24.5 Å². The number of benzene rings is 2. The fourth-order valence-corrected chi connectivity index (χ4v) is 3.41. The zero-order valence-corrected chi connectivity index (χ0v) is 17.8. The van der Waals surface area contributed by atoms with E-state index < -0.39 is 0 Å². The molecule has 0 bridgehead atoms. The largest absolute Gasteiger partial charge is 0.372 e. The lowest BCUT2D eigenvalue weighted by atomic mass is 10.2. The highest BCUT2D eigenvalue weighted by Crippen LogP contribution is 2.20. The highest BCUT2D eigenvalue weighted by Gasteiger charge is 2.12. The van der Waals surface area contributed by atoms with E-state index in [1.54, 1.807) is 16.7 Å².